The van der Waals surface area contributed by atoms with Crippen LogP contribution in [-0.2, 0) is 11.3 Å². The monoisotopic (exact) mass is 431 g/mol. The summed E-state index contributed by atoms with van der Waals surface area (Å²) in [6.45, 7) is 4.64. The van der Waals surface area contributed by atoms with E-state index in [9.17, 15) is 9.59 Å². The zero-order valence-electron chi connectivity index (χ0n) is 19.5. The maximum atomic E-state index is 13.5. The van der Waals surface area contributed by atoms with Gasteiger partial charge in [-0.05, 0) is 38.5 Å². The number of hydrogen-bond acceptors (Lipinski definition) is 4. The van der Waals surface area contributed by atoms with Gasteiger partial charge >= 0.3 is 0 Å². The molecule has 0 aliphatic heterocycles. The molecular weight excluding hydrogens is 390 g/mol. The van der Waals surface area contributed by atoms with Crippen molar-refractivity contribution in [3.63, 3.8) is 0 Å². The number of carbonyl (C=O) groups excluding carboxylic acids is 2. The second-order valence-electron chi connectivity index (χ2n) is 9.44. The number of nitrogens with zero attached hydrogens (tertiary/aromatic N) is 2. The molecule has 2 aliphatic carbocycles. The Morgan fingerprint density at radius 3 is 2.42 bits per heavy atom. The standard InChI is InChI=1S/C25H41N3O3/c1-3-5-12-19(4-2)25(30)28(21-15-10-7-11-16-21)17-23-27-22(18-31-23)24(29)26-20-13-8-6-9-14-20/h18-21H,3-17H2,1-2H3,(H,26,29)/t19-/m1/s1. The van der Waals surface area contributed by atoms with Crippen molar-refractivity contribution >= 4 is 11.8 Å². The summed E-state index contributed by atoms with van der Waals surface area (Å²) in [7, 11) is 0. The normalized spacial score (nSPS) is 19.2. The third-order valence-corrected chi connectivity index (χ3v) is 7.08. The smallest absolute Gasteiger partial charge is 0.273 e. The molecule has 6 nitrogen and oxygen atoms in total. The van der Waals surface area contributed by atoms with E-state index in [0.29, 0.717) is 18.1 Å². The highest BCUT2D eigenvalue weighted by molar-refractivity contribution is 5.92. The topological polar surface area (TPSA) is 75.4 Å². The molecule has 2 saturated carbocycles. The minimum atomic E-state index is -0.160. The fraction of sp³-hybridized carbons (Fsp3) is 0.800. The summed E-state index contributed by atoms with van der Waals surface area (Å²) < 4.78 is 5.68. The first kappa shape index (κ1) is 23.8. The van der Waals surface area contributed by atoms with E-state index in [0.717, 1.165) is 51.4 Å². The maximum absolute atomic E-state index is 13.5. The van der Waals surface area contributed by atoms with Gasteiger partial charge in [0.1, 0.15) is 6.26 Å². The van der Waals surface area contributed by atoms with Crippen LogP contribution in [0.3, 0.4) is 0 Å². The van der Waals surface area contributed by atoms with E-state index < -0.39 is 0 Å². The van der Waals surface area contributed by atoms with Crippen molar-refractivity contribution < 1.29 is 14.0 Å². The molecule has 0 spiro atoms. The maximum Gasteiger partial charge on any atom is 0.273 e. The second-order valence-corrected chi connectivity index (χ2v) is 9.44. The lowest BCUT2D eigenvalue weighted by atomic mass is 9.91. The molecule has 1 aromatic heterocycles. The molecule has 1 N–H and O–H groups in total. The molecule has 31 heavy (non-hydrogen) atoms. The number of carbonyl (C=O) groups is 2. The lowest BCUT2D eigenvalue weighted by molar-refractivity contribution is -0.140. The Kier molecular flexibility index (Phi) is 9.41. The van der Waals surface area contributed by atoms with Crippen molar-refractivity contribution in [1.29, 1.82) is 0 Å². The summed E-state index contributed by atoms with van der Waals surface area (Å²) in [4.78, 5) is 32.5. The molecule has 0 radical (unpaired) electrons. The van der Waals surface area contributed by atoms with Gasteiger partial charge in [0.2, 0.25) is 11.8 Å². The molecule has 2 amide bonds. The van der Waals surface area contributed by atoms with Gasteiger partial charge in [0, 0.05) is 18.0 Å². The van der Waals surface area contributed by atoms with Crippen LogP contribution in [0, 0.1) is 5.92 Å². The zero-order chi connectivity index (χ0) is 22.1. The zero-order valence-corrected chi connectivity index (χ0v) is 19.5. The average Bonchev–Trinajstić information content (AvgIpc) is 3.28. The molecule has 2 fully saturated rings. The van der Waals surface area contributed by atoms with Gasteiger partial charge in [-0.1, -0.05) is 65.2 Å². The van der Waals surface area contributed by atoms with Gasteiger partial charge in [-0.3, -0.25) is 9.59 Å². The largest absolute Gasteiger partial charge is 0.446 e. The minimum absolute atomic E-state index is 0.0610. The fourth-order valence-corrected chi connectivity index (χ4v) is 5.11. The molecule has 1 atom stereocenters. The Bertz CT molecular complexity index is 690. The van der Waals surface area contributed by atoms with Crippen LogP contribution >= 0.6 is 0 Å². The summed E-state index contributed by atoms with van der Waals surface area (Å²) in [5.41, 5.74) is 0.328. The van der Waals surface area contributed by atoms with Gasteiger partial charge in [0.05, 0.1) is 6.54 Å². The van der Waals surface area contributed by atoms with Gasteiger partial charge in [-0.2, -0.15) is 0 Å². The lowest BCUT2D eigenvalue weighted by Crippen LogP contribution is -2.44. The van der Waals surface area contributed by atoms with E-state index in [-0.39, 0.29) is 29.8 Å². The van der Waals surface area contributed by atoms with Crippen LogP contribution in [0.1, 0.15) is 120 Å². The van der Waals surface area contributed by atoms with Gasteiger partial charge in [0.25, 0.3) is 5.91 Å². The second kappa shape index (κ2) is 12.3. The molecule has 1 heterocycles. The molecule has 0 saturated heterocycles. The predicted molar refractivity (Wildman–Crippen MR) is 122 cm³/mol. The van der Waals surface area contributed by atoms with Crippen molar-refractivity contribution in [2.24, 2.45) is 5.92 Å². The number of oxazole rings is 1. The first-order valence-corrected chi connectivity index (χ1v) is 12.7. The van der Waals surface area contributed by atoms with Crippen LogP contribution in [0.2, 0.25) is 0 Å². The highest BCUT2D eigenvalue weighted by Crippen LogP contribution is 2.27. The lowest BCUT2D eigenvalue weighted by Gasteiger charge is -2.35. The van der Waals surface area contributed by atoms with E-state index in [1.54, 1.807) is 0 Å². The van der Waals surface area contributed by atoms with E-state index in [2.05, 4.69) is 24.1 Å². The number of nitrogens with one attached hydrogen (secondary N) is 1. The first-order valence-electron chi connectivity index (χ1n) is 12.7. The van der Waals surface area contributed by atoms with E-state index >= 15 is 0 Å². The number of aromatic nitrogens is 1. The van der Waals surface area contributed by atoms with Crippen molar-refractivity contribution in [3.8, 4) is 0 Å². The van der Waals surface area contributed by atoms with Crippen molar-refractivity contribution in [2.75, 3.05) is 0 Å². The Morgan fingerprint density at radius 2 is 1.77 bits per heavy atom. The Balaban J connectivity index is 1.67. The van der Waals surface area contributed by atoms with Crippen molar-refractivity contribution in [1.82, 2.24) is 15.2 Å². The third-order valence-electron chi connectivity index (χ3n) is 7.08. The predicted octanol–water partition coefficient (Wildman–Crippen LogP) is 5.61. The molecule has 0 unspecified atom stereocenters. The summed E-state index contributed by atoms with van der Waals surface area (Å²) in [5.74, 6) is 0.602. The number of unbranched alkanes of at least 4 members (excludes halogenated alkanes) is 1. The summed E-state index contributed by atoms with van der Waals surface area (Å²) in [6.07, 6.45) is 16.8. The Morgan fingerprint density at radius 1 is 1.10 bits per heavy atom. The highest BCUT2D eigenvalue weighted by Gasteiger charge is 2.31. The first-order chi connectivity index (χ1) is 15.1. The molecular formula is C25H41N3O3. The molecule has 0 aromatic carbocycles. The van der Waals surface area contributed by atoms with Crippen molar-refractivity contribution in [2.45, 2.75) is 122 Å². The van der Waals surface area contributed by atoms with E-state index in [1.807, 2.05) is 4.90 Å². The minimum Gasteiger partial charge on any atom is -0.446 e. The molecule has 174 valence electrons. The van der Waals surface area contributed by atoms with Crippen LogP contribution in [-0.4, -0.2) is 33.8 Å². The third kappa shape index (κ3) is 6.81. The summed E-state index contributed by atoms with van der Waals surface area (Å²) >= 11 is 0. The number of hydrogen-bond donors (Lipinski definition) is 1. The summed E-state index contributed by atoms with van der Waals surface area (Å²) in [6, 6.07) is 0.494. The number of rotatable bonds is 10. The SMILES string of the molecule is CCCC[C@@H](CC)C(=O)N(Cc1nc(C(=O)NC2CCCCC2)co1)C1CCCCC1. The Labute approximate surface area is 187 Å². The molecule has 3 rings (SSSR count). The molecule has 1 aromatic rings. The van der Waals surface area contributed by atoms with Crippen LogP contribution in [0.15, 0.2) is 10.7 Å². The quantitative estimate of drug-likeness (QED) is 0.522. The molecule has 0 bridgehead atoms. The van der Waals surface area contributed by atoms with Crippen molar-refractivity contribution in [3.05, 3.63) is 17.8 Å². The van der Waals surface area contributed by atoms with Gasteiger partial charge in [-0.25, -0.2) is 4.98 Å². The van der Waals surface area contributed by atoms with Crippen LogP contribution < -0.4 is 5.32 Å². The molecule has 6 heteroatoms. The van der Waals surface area contributed by atoms with Crippen LogP contribution in [0.25, 0.3) is 0 Å². The van der Waals surface area contributed by atoms with E-state index in [4.69, 9.17) is 4.42 Å². The van der Waals surface area contributed by atoms with E-state index in [1.165, 1.54) is 44.8 Å². The Hall–Kier alpha value is -1.85. The van der Waals surface area contributed by atoms with Crippen LogP contribution in [0.4, 0.5) is 0 Å². The average molecular weight is 432 g/mol. The van der Waals surface area contributed by atoms with Crippen LogP contribution in [0.5, 0.6) is 0 Å². The molecule has 2 aliphatic rings. The highest BCUT2D eigenvalue weighted by atomic mass is 16.3. The summed E-state index contributed by atoms with van der Waals surface area (Å²) in [5, 5.41) is 3.10. The van der Waals surface area contributed by atoms with Gasteiger partial charge in [0.15, 0.2) is 5.69 Å². The van der Waals surface area contributed by atoms with Gasteiger partial charge in [-0.15, -0.1) is 0 Å². The van der Waals surface area contributed by atoms with Gasteiger partial charge < -0.3 is 14.6 Å². The fourth-order valence-electron chi connectivity index (χ4n) is 5.11. The number of amides is 2.